The third kappa shape index (κ3) is 3.05. The summed E-state index contributed by atoms with van der Waals surface area (Å²) >= 11 is 5.13. The highest BCUT2D eigenvalue weighted by Crippen LogP contribution is 2.21. The maximum absolute atomic E-state index is 5.22. The second-order valence-corrected chi connectivity index (χ2v) is 4.39. The van der Waals surface area contributed by atoms with Crippen LogP contribution in [0.2, 0.25) is 0 Å². The Balaban J connectivity index is 2.35. The summed E-state index contributed by atoms with van der Waals surface area (Å²) in [7, 11) is 3.22. The molecule has 1 aromatic carbocycles. The van der Waals surface area contributed by atoms with E-state index >= 15 is 0 Å². The minimum Gasteiger partial charge on any atom is -0.497 e. The summed E-state index contributed by atoms with van der Waals surface area (Å²) in [5.41, 5.74) is 0.853. The molecule has 0 radical (unpaired) electrons. The van der Waals surface area contributed by atoms with Crippen molar-refractivity contribution in [3.8, 4) is 11.5 Å². The minimum atomic E-state index is 0.466. The first-order chi connectivity index (χ1) is 9.67. The molecule has 0 unspecified atom stereocenters. The Hall–Kier alpha value is -2.15. The SMILES string of the molecule is CCc1n[nH]c(=S)n1/N=C\c1cc(OC)cc(OC)c1. The standard InChI is InChI=1S/C13H16N4O2S/c1-4-12-15-16-13(20)17(12)14-8-9-5-10(18-2)7-11(6-9)19-3/h5-8H,4H2,1-3H3,(H,16,20)/b14-8-. The van der Waals surface area contributed by atoms with Gasteiger partial charge in [0.1, 0.15) is 11.5 Å². The van der Waals surface area contributed by atoms with Gasteiger partial charge in [-0.25, -0.2) is 0 Å². The number of methoxy groups -OCH3 is 2. The molecule has 0 aliphatic rings. The molecular weight excluding hydrogens is 276 g/mol. The number of H-pyrrole nitrogens is 1. The highest BCUT2D eigenvalue weighted by molar-refractivity contribution is 7.71. The van der Waals surface area contributed by atoms with Crippen molar-refractivity contribution in [2.75, 3.05) is 14.2 Å². The molecule has 106 valence electrons. The topological polar surface area (TPSA) is 64.4 Å². The Morgan fingerprint density at radius 2 is 1.95 bits per heavy atom. The van der Waals surface area contributed by atoms with Gasteiger partial charge in [0.25, 0.3) is 0 Å². The van der Waals surface area contributed by atoms with Crippen LogP contribution in [0.15, 0.2) is 23.3 Å². The Labute approximate surface area is 122 Å². The van der Waals surface area contributed by atoms with Crippen LogP contribution in [0, 0.1) is 4.77 Å². The molecule has 0 bridgehead atoms. The van der Waals surface area contributed by atoms with Crippen molar-refractivity contribution in [2.45, 2.75) is 13.3 Å². The molecule has 1 heterocycles. The molecule has 0 atom stereocenters. The van der Waals surface area contributed by atoms with Crippen LogP contribution >= 0.6 is 12.2 Å². The van der Waals surface area contributed by atoms with Crippen molar-refractivity contribution < 1.29 is 9.47 Å². The number of nitrogens with one attached hydrogen (secondary N) is 1. The highest BCUT2D eigenvalue weighted by atomic mass is 32.1. The Morgan fingerprint density at radius 1 is 1.30 bits per heavy atom. The van der Waals surface area contributed by atoms with E-state index in [1.54, 1.807) is 31.2 Å². The lowest BCUT2D eigenvalue weighted by atomic mass is 10.2. The van der Waals surface area contributed by atoms with Crippen LogP contribution < -0.4 is 9.47 Å². The second-order valence-electron chi connectivity index (χ2n) is 4.00. The molecule has 2 rings (SSSR count). The zero-order valence-electron chi connectivity index (χ0n) is 11.6. The first kappa shape index (κ1) is 14.3. The molecule has 20 heavy (non-hydrogen) atoms. The normalized spacial score (nSPS) is 10.9. The van der Waals surface area contributed by atoms with Crippen LogP contribution in [-0.4, -0.2) is 35.3 Å². The summed E-state index contributed by atoms with van der Waals surface area (Å²) in [5, 5.41) is 11.2. The second kappa shape index (κ2) is 6.33. The molecule has 0 saturated carbocycles. The number of aromatic amines is 1. The van der Waals surface area contributed by atoms with Gasteiger partial charge in [-0.3, -0.25) is 5.10 Å². The van der Waals surface area contributed by atoms with E-state index in [0.29, 0.717) is 16.3 Å². The van der Waals surface area contributed by atoms with Gasteiger partial charge in [0, 0.05) is 18.1 Å². The van der Waals surface area contributed by atoms with Gasteiger partial charge in [0.2, 0.25) is 4.77 Å². The predicted molar refractivity (Wildman–Crippen MR) is 79.3 cm³/mol. The highest BCUT2D eigenvalue weighted by Gasteiger charge is 2.03. The predicted octanol–water partition coefficient (Wildman–Crippen LogP) is 2.40. The molecule has 6 nitrogen and oxygen atoms in total. The summed E-state index contributed by atoms with van der Waals surface area (Å²) in [4.78, 5) is 0. The summed E-state index contributed by atoms with van der Waals surface area (Å²) in [5.74, 6) is 2.19. The number of ether oxygens (including phenoxy) is 2. The summed E-state index contributed by atoms with van der Waals surface area (Å²) in [6.45, 7) is 1.99. The number of aryl methyl sites for hydroxylation is 1. The zero-order valence-corrected chi connectivity index (χ0v) is 12.4. The molecule has 0 saturated heterocycles. The Kier molecular flexibility index (Phi) is 4.52. The van der Waals surface area contributed by atoms with E-state index in [0.717, 1.165) is 17.8 Å². The average Bonchev–Trinajstić information content (AvgIpc) is 2.84. The van der Waals surface area contributed by atoms with Gasteiger partial charge >= 0.3 is 0 Å². The van der Waals surface area contributed by atoms with Crippen molar-refractivity contribution >= 4 is 18.4 Å². The zero-order chi connectivity index (χ0) is 14.5. The lowest BCUT2D eigenvalue weighted by molar-refractivity contribution is 0.394. The van der Waals surface area contributed by atoms with Gasteiger partial charge in [0.15, 0.2) is 5.82 Å². The molecule has 0 aliphatic carbocycles. The van der Waals surface area contributed by atoms with Crippen LogP contribution in [0.4, 0.5) is 0 Å². The first-order valence-electron chi connectivity index (χ1n) is 6.11. The van der Waals surface area contributed by atoms with Gasteiger partial charge < -0.3 is 9.47 Å². The number of nitrogens with zero attached hydrogens (tertiary/aromatic N) is 3. The first-order valence-corrected chi connectivity index (χ1v) is 6.52. The van der Waals surface area contributed by atoms with Crippen LogP contribution in [0.25, 0.3) is 0 Å². The van der Waals surface area contributed by atoms with Gasteiger partial charge in [-0.2, -0.15) is 14.9 Å². The van der Waals surface area contributed by atoms with E-state index < -0.39 is 0 Å². The van der Waals surface area contributed by atoms with Gasteiger partial charge in [-0.1, -0.05) is 6.92 Å². The number of hydrogen-bond donors (Lipinski definition) is 1. The van der Waals surface area contributed by atoms with Gasteiger partial charge in [-0.05, 0) is 24.4 Å². The van der Waals surface area contributed by atoms with E-state index in [2.05, 4.69) is 15.3 Å². The van der Waals surface area contributed by atoms with Gasteiger partial charge in [0.05, 0.1) is 20.4 Å². The molecule has 0 fully saturated rings. The molecule has 2 aromatic rings. The Morgan fingerprint density at radius 3 is 2.50 bits per heavy atom. The molecule has 0 amide bonds. The van der Waals surface area contributed by atoms with Crippen molar-refractivity contribution in [3.05, 3.63) is 34.4 Å². The smallest absolute Gasteiger partial charge is 0.216 e. The number of aromatic nitrogens is 3. The molecule has 0 spiro atoms. The monoisotopic (exact) mass is 292 g/mol. The fraction of sp³-hybridized carbons (Fsp3) is 0.308. The fourth-order valence-corrected chi connectivity index (χ4v) is 1.90. The van der Waals surface area contributed by atoms with Crippen LogP contribution in [-0.2, 0) is 6.42 Å². The quantitative estimate of drug-likeness (QED) is 0.679. The summed E-state index contributed by atoms with van der Waals surface area (Å²) < 4.78 is 12.5. The van der Waals surface area contributed by atoms with Gasteiger partial charge in [-0.15, -0.1) is 0 Å². The van der Waals surface area contributed by atoms with E-state index in [4.69, 9.17) is 21.7 Å². The lowest BCUT2D eigenvalue weighted by Gasteiger charge is -2.05. The number of benzene rings is 1. The number of rotatable bonds is 5. The number of hydrogen-bond acceptors (Lipinski definition) is 5. The van der Waals surface area contributed by atoms with E-state index in [1.807, 2.05) is 19.1 Å². The van der Waals surface area contributed by atoms with Crippen molar-refractivity contribution in [3.63, 3.8) is 0 Å². The van der Waals surface area contributed by atoms with E-state index in [1.165, 1.54) is 0 Å². The molecule has 7 heteroatoms. The third-order valence-electron chi connectivity index (χ3n) is 2.73. The minimum absolute atomic E-state index is 0.466. The molecule has 1 N–H and O–H groups in total. The van der Waals surface area contributed by atoms with Crippen LogP contribution in [0.3, 0.4) is 0 Å². The lowest BCUT2D eigenvalue weighted by Crippen LogP contribution is -1.98. The van der Waals surface area contributed by atoms with Crippen molar-refractivity contribution in [1.29, 1.82) is 0 Å². The largest absolute Gasteiger partial charge is 0.497 e. The maximum atomic E-state index is 5.22. The molecule has 1 aromatic heterocycles. The van der Waals surface area contributed by atoms with Crippen molar-refractivity contribution in [1.82, 2.24) is 14.9 Å². The van der Waals surface area contributed by atoms with Crippen molar-refractivity contribution in [2.24, 2.45) is 5.10 Å². The fourth-order valence-electron chi connectivity index (χ4n) is 1.70. The van der Waals surface area contributed by atoms with Crippen LogP contribution in [0.5, 0.6) is 11.5 Å². The third-order valence-corrected chi connectivity index (χ3v) is 2.99. The molecule has 0 aliphatic heterocycles. The van der Waals surface area contributed by atoms with E-state index in [9.17, 15) is 0 Å². The Bertz CT molecular complexity index is 653. The molecular formula is C13H16N4O2S. The van der Waals surface area contributed by atoms with E-state index in [-0.39, 0.29) is 0 Å². The summed E-state index contributed by atoms with van der Waals surface area (Å²) in [6.07, 6.45) is 2.43. The summed E-state index contributed by atoms with van der Waals surface area (Å²) in [6, 6.07) is 5.53. The average molecular weight is 292 g/mol. The maximum Gasteiger partial charge on any atom is 0.216 e. The van der Waals surface area contributed by atoms with Crippen LogP contribution in [0.1, 0.15) is 18.3 Å².